The molecule has 9 heteroatoms. The van der Waals surface area contributed by atoms with Crippen molar-refractivity contribution < 1.29 is 10.6 Å². The number of hydrogen-bond acceptors (Lipinski definition) is 6. The first-order valence-corrected chi connectivity index (χ1v) is 10.9. The lowest BCUT2D eigenvalue weighted by atomic mass is 9.64. The number of aryl methyl sites for hydroxylation is 1. The normalized spacial score (nSPS) is 23.9. The van der Waals surface area contributed by atoms with Gasteiger partial charge in [-0.05, 0) is 49.8 Å². The maximum absolute atomic E-state index is 13.4. The van der Waals surface area contributed by atoms with Crippen molar-refractivity contribution in [2.24, 2.45) is 5.92 Å². The highest BCUT2D eigenvalue weighted by Crippen LogP contribution is 2.50. The number of amides is 2. The van der Waals surface area contributed by atoms with Crippen LogP contribution in [0.3, 0.4) is 0 Å². The lowest BCUT2D eigenvalue weighted by Crippen LogP contribution is -2.75. The van der Waals surface area contributed by atoms with Crippen molar-refractivity contribution in [1.29, 1.82) is 0 Å². The van der Waals surface area contributed by atoms with Crippen molar-refractivity contribution in [3.05, 3.63) is 54.8 Å². The zero-order chi connectivity index (χ0) is 22.9. The van der Waals surface area contributed by atoms with Gasteiger partial charge in [0.25, 0.3) is 0 Å². The number of halogens is 1. The molecule has 3 N–H and O–H groups in total. The Morgan fingerprint density at radius 2 is 2.16 bits per heavy atom. The molecule has 2 bridgehead atoms. The van der Waals surface area contributed by atoms with Crippen LogP contribution in [0.2, 0.25) is 0 Å². The molecule has 2 fully saturated rings. The van der Waals surface area contributed by atoms with Crippen LogP contribution in [0, 0.1) is 18.7 Å². The van der Waals surface area contributed by atoms with Crippen molar-refractivity contribution in [1.82, 2.24) is 30.8 Å². The highest BCUT2D eigenvalue weighted by molar-refractivity contribution is 5.92. The third-order valence-corrected chi connectivity index (χ3v) is 6.40. The van der Waals surface area contributed by atoms with Gasteiger partial charge in [-0.25, -0.2) is 24.6 Å². The van der Waals surface area contributed by atoms with E-state index < -0.39 is 5.82 Å². The number of fused-ring (bicyclic) bond motifs is 2. The Labute approximate surface area is 189 Å². The lowest BCUT2D eigenvalue weighted by Gasteiger charge is -2.64. The minimum Gasteiger partial charge on any atom is -0.314 e. The van der Waals surface area contributed by atoms with Crippen LogP contribution in [0.5, 0.6) is 0 Å². The summed E-state index contributed by atoms with van der Waals surface area (Å²) in [6.07, 6.45) is 6.93. The third-order valence-electron chi connectivity index (χ3n) is 6.40. The molecule has 1 aliphatic carbocycles. The molecule has 8 nitrogen and oxygen atoms in total. The van der Waals surface area contributed by atoms with Crippen LogP contribution in [0.25, 0.3) is 11.4 Å². The van der Waals surface area contributed by atoms with E-state index in [1.165, 1.54) is 0 Å². The number of piperidine rings is 1. The number of rotatable bonds is 7. The first kappa shape index (κ1) is 22.2. The molecule has 3 atom stereocenters. The van der Waals surface area contributed by atoms with E-state index in [-0.39, 0.29) is 19.0 Å². The van der Waals surface area contributed by atoms with Crippen molar-refractivity contribution >= 4 is 11.7 Å². The standard InChI is InChI=1S/C23H30FN7O.H2/c1-5-30(29-25-4)14-23-10-15(2)8-19(11-23)31(23)22(32)28-18-7-6-16(3)20(9-18)21-26-12-17(24)13-27-21;/h5-7,9,12-13,15,19,25,29H,1,8,10-11,14H2,2-4H3,(H,28,32);1H/t15-,19?,23?;/m1./s1. The van der Waals surface area contributed by atoms with Crippen molar-refractivity contribution in [3.8, 4) is 11.4 Å². The molecule has 2 amide bonds. The molecule has 2 unspecified atom stereocenters. The van der Waals surface area contributed by atoms with Crippen LogP contribution >= 0.6 is 0 Å². The molecular weight excluding hydrogens is 409 g/mol. The highest BCUT2D eigenvalue weighted by atomic mass is 19.1. The predicted molar refractivity (Wildman–Crippen MR) is 124 cm³/mol. The van der Waals surface area contributed by atoms with E-state index in [0.717, 1.165) is 42.8 Å². The number of likely N-dealkylation sites (tertiary alicyclic amines) is 1. The minimum absolute atomic E-state index is 0. The fourth-order valence-electron chi connectivity index (χ4n) is 5.24. The summed E-state index contributed by atoms with van der Waals surface area (Å²) >= 11 is 0. The van der Waals surface area contributed by atoms with E-state index in [1.807, 2.05) is 35.0 Å². The number of aromatic nitrogens is 2. The SMILES string of the molecule is C=CN(CC12CC(C[C@@H](C)C1)N2C(=O)Nc1ccc(C)c(-c2ncc(F)cn2)c1)NNC.[HH]. The maximum atomic E-state index is 13.4. The average Bonchev–Trinajstić information content (AvgIpc) is 2.74. The van der Waals surface area contributed by atoms with Crippen LogP contribution in [-0.2, 0) is 0 Å². The second kappa shape index (κ2) is 8.84. The van der Waals surface area contributed by atoms with Crippen molar-refractivity contribution in [3.63, 3.8) is 0 Å². The van der Waals surface area contributed by atoms with E-state index in [4.69, 9.17) is 0 Å². The number of hydrogen-bond donors (Lipinski definition) is 3. The molecule has 2 aromatic rings. The van der Waals surface area contributed by atoms with Gasteiger partial charge in [-0.1, -0.05) is 19.6 Å². The Balaban J connectivity index is 0.00000306. The highest BCUT2D eigenvalue weighted by Gasteiger charge is 2.58. The smallest absolute Gasteiger partial charge is 0.314 e. The maximum Gasteiger partial charge on any atom is 0.322 e. The van der Waals surface area contributed by atoms with Crippen molar-refractivity contribution in [2.45, 2.75) is 44.7 Å². The number of benzene rings is 1. The Morgan fingerprint density at radius 3 is 2.84 bits per heavy atom. The molecule has 1 saturated carbocycles. The quantitative estimate of drug-likeness (QED) is 0.568. The summed E-state index contributed by atoms with van der Waals surface area (Å²) in [6.45, 7) is 8.70. The second-order valence-corrected chi connectivity index (χ2v) is 8.85. The second-order valence-electron chi connectivity index (χ2n) is 8.85. The number of urea groups is 1. The molecular formula is C23H32FN7O. The molecule has 4 rings (SSSR count). The predicted octanol–water partition coefficient (Wildman–Crippen LogP) is 3.70. The van der Waals surface area contributed by atoms with Gasteiger partial charge in [-0.3, -0.25) is 0 Å². The molecule has 2 aliphatic rings. The summed E-state index contributed by atoms with van der Waals surface area (Å²) in [5, 5.41) is 4.94. The zero-order valence-corrected chi connectivity index (χ0v) is 18.7. The summed E-state index contributed by atoms with van der Waals surface area (Å²) in [5.41, 5.74) is 8.08. The van der Waals surface area contributed by atoms with Gasteiger partial charge in [-0.2, -0.15) is 5.53 Å². The van der Waals surface area contributed by atoms with Gasteiger partial charge in [0.1, 0.15) is 0 Å². The lowest BCUT2D eigenvalue weighted by molar-refractivity contribution is -0.105. The van der Waals surface area contributed by atoms with Gasteiger partial charge in [0, 0.05) is 32.0 Å². The Hall–Kier alpha value is -3.04. The van der Waals surface area contributed by atoms with Crippen LogP contribution < -0.4 is 16.3 Å². The zero-order valence-electron chi connectivity index (χ0n) is 18.7. The number of hydrazine groups is 2. The van der Waals surface area contributed by atoms with E-state index in [9.17, 15) is 9.18 Å². The first-order chi connectivity index (χ1) is 15.3. The van der Waals surface area contributed by atoms with E-state index in [0.29, 0.717) is 24.0 Å². The Bertz CT molecular complexity index is 1000. The molecule has 1 aliphatic heterocycles. The average molecular weight is 442 g/mol. The van der Waals surface area contributed by atoms with Gasteiger partial charge < -0.3 is 15.2 Å². The van der Waals surface area contributed by atoms with Gasteiger partial charge >= 0.3 is 6.03 Å². The van der Waals surface area contributed by atoms with Crippen LogP contribution in [0.1, 0.15) is 33.2 Å². The van der Waals surface area contributed by atoms with Crippen molar-refractivity contribution in [2.75, 3.05) is 18.9 Å². The minimum atomic E-state index is -0.485. The molecule has 1 aromatic carbocycles. The summed E-state index contributed by atoms with van der Waals surface area (Å²) in [6, 6.07) is 5.72. The van der Waals surface area contributed by atoms with E-state index >= 15 is 0 Å². The Kier molecular flexibility index (Phi) is 6.12. The number of anilines is 1. The first-order valence-electron chi connectivity index (χ1n) is 10.9. The largest absolute Gasteiger partial charge is 0.322 e. The van der Waals surface area contributed by atoms with E-state index in [1.54, 1.807) is 13.2 Å². The molecule has 1 aromatic heterocycles. The number of carbonyl (C=O) groups is 1. The fraction of sp³-hybridized carbons (Fsp3) is 0.435. The fourth-order valence-corrected chi connectivity index (χ4v) is 5.24. The topological polar surface area (TPSA) is 85.4 Å². The monoisotopic (exact) mass is 441 g/mol. The Morgan fingerprint density at radius 1 is 1.41 bits per heavy atom. The summed E-state index contributed by atoms with van der Waals surface area (Å²) in [4.78, 5) is 23.5. The van der Waals surface area contributed by atoms with Crippen LogP contribution in [0.15, 0.2) is 43.4 Å². The van der Waals surface area contributed by atoms with Crippen LogP contribution in [0.4, 0.5) is 14.9 Å². The summed E-state index contributed by atoms with van der Waals surface area (Å²) in [7, 11) is 1.80. The molecule has 0 spiro atoms. The molecule has 172 valence electrons. The summed E-state index contributed by atoms with van der Waals surface area (Å²) < 4.78 is 13.2. The third kappa shape index (κ3) is 4.18. The summed E-state index contributed by atoms with van der Waals surface area (Å²) in [5.74, 6) is 0.493. The molecule has 1 saturated heterocycles. The van der Waals surface area contributed by atoms with Gasteiger partial charge in [0.15, 0.2) is 11.6 Å². The van der Waals surface area contributed by atoms with Gasteiger partial charge in [0.2, 0.25) is 0 Å². The van der Waals surface area contributed by atoms with Gasteiger partial charge in [-0.15, -0.1) is 0 Å². The number of carbonyl (C=O) groups excluding carboxylic acids is 1. The molecule has 0 radical (unpaired) electrons. The number of nitrogens with one attached hydrogen (secondary N) is 3. The van der Waals surface area contributed by atoms with E-state index in [2.05, 4.69) is 39.7 Å². The van der Waals surface area contributed by atoms with Crippen LogP contribution in [-0.4, -0.2) is 51.1 Å². The van der Waals surface area contributed by atoms with Gasteiger partial charge in [0.05, 0.1) is 24.5 Å². The molecule has 2 heterocycles. The number of nitrogens with zero attached hydrogens (tertiary/aromatic N) is 4. The molecule has 32 heavy (non-hydrogen) atoms.